The molecular formula is C19H15ClN4O3. The second-order valence-electron chi connectivity index (χ2n) is 5.96. The van der Waals surface area contributed by atoms with Crippen molar-refractivity contribution in [2.45, 2.75) is 13.3 Å². The van der Waals surface area contributed by atoms with Gasteiger partial charge in [-0.3, -0.25) is 14.9 Å². The Hall–Kier alpha value is -3.32. The smallest absolute Gasteiger partial charge is 0.269 e. The Kier molecular flexibility index (Phi) is 5.42. The van der Waals surface area contributed by atoms with Gasteiger partial charge < -0.3 is 0 Å². The predicted octanol–water partition coefficient (Wildman–Crippen LogP) is 3.80. The average Bonchev–Trinajstić information content (AvgIpc) is 2.62. The monoisotopic (exact) mass is 382 g/mol. The number of aromatic nitrogens is 1. The van der Waals surface area contributed by atoms with Gasteiger partial charge in [-0.2, -0.15) is 5.10 Å². The van der Waals surface area contributed by atoms with Crippen LogP contribution in [0, 0.1) is 17.0 Å². The van der Waals surface area contributed by atoms with Crippen LogP contribution >= 0.6 is 11.6 Å². The lowest BCUT2D eigenvalue weighted by Crippen LogP contribution is -2.19. The number of nitro groups is 1. The number of hydrogen-bond donors (Lipinski definition) is 1. The third-order valence-corrected chi connectivity index (χ3v) is 4.14. The van der Waals surface area contributed by atoms with Gasteiger partial charge >= 0.3 is 0 Å². The molecule has 0 aliphatic rings. The molecule has 0 fully saturated rings. The number of fused-ring (bicyclic) bond motifs is 1. The largest absolute Gasteiger partial charge is 0.273 e. The number of amides is 1. The Bertz CT molecular complexity index is 1070. The molecule has 136 valence electrons. The van der Waals surface area contributed by atoms with E-state index in [1.54, 1.807) is 6.07 Å². The molecule has 2 aromatic carbocycles. The molecule has 0 atom stereocenters. The number of nitrogens with zero attached hydrogens (tertiary/aromatic N) is 3. The summed E-state index contributed by atoms with van der Waals surface area (Å²) in [6.07, 6.45) is 1.39. The molecule has 0 saturated heterocycles. The number of hydrazone groups is 1. The third-order valence-electron chi connectivity index (χ3n) is 3.83. The summed E-state index contributed by atoms with van der Waals surface area (Å²) >= 11 is 6.17. The maximum absolute atomic E-state index is 12.0. The van der Waals surface area contributed by atoms with Crippen LogP contribution in [0.1, 0.15) is 16.7 Å². The first-order chi connectivity index (χ1) is 12.9. The Balaban J connectivity index is 1.68. The van der Waals surface area contributed by atoms with Crippen molar-refractivity contribution in [1.82, 2.24) is 10.4 Å². The molecule has 0 aliphatic carbocycles. The first-order valence-corrected chi connectivity index (χ1v) is 8.42. The van der Waals surface area contributed by atoms with Crippen molar-refractivity contribution in [3.8, 4) is 0 Å². The van der Waals surface area contributed by atoms with Crippen molar-refractivity contribution >= 4 is 40.3 Å². The number of nitrogens with one attached hydrogen (secondary N) is 1. The van der Waals surface area contributed by atoms with Gasteiger partial charge in [0.15, 0.2) is 0 Å². The number of halogens is 1. The molecule has 7 nitrogen and oxygen atoms in total. The normalized spacial score (nSPS) is 11.0. The number of hydrogen-bond acceptors (Lipinski definition) is 5. The summed E-state index contributed by atoms with van der Waals surface area (Å²) < 4.78 is 0. The SMILES string of the molecule is Cc1ccc2cc(C=NNC(=O)Cc3cccc([N+](=O)[O-])c3)c(Cl)nc2c1. The second-order valence-corrected chi connectivity index (χ2v) is 6.32. The molecule has 0 spiro atoms. The van der Waals surface area contributed by atoms with Gasteiger partial charge in [-0.1, -0.05) is 35.9 Å². The van der Waals surface area contributed by atoms with E-state index < -0.39 is 10.8 Å². The fourth-order valence-corrected chi connectivity index (χ4v) is 2.73. The minimum absolute atomic E-state index is 0.0258. The summed E-state index contributed by atoms with van der Waals surface area (Å²) in [4.78, 5) is 26.6. The highest BCUT2D eigenvalue weighted by molar-refractivity contribution is 6.32. The summed E-state index contributed by atoms with van der Waals surface area (Å²) in [5.41, 5.74) is 5.29. The minimum Gasteiger partial charge on any atom is -0.273 e. The van der Waals surface area contributed by atoms with E-state index in [0.29, 0.717) is 11.1 Å². The van der Waals surface area contributed by atoms with Crippen molar-refractivity contribution < 1.29 is 9.72 Å². The molecule has 3 rings (SSSR count). The minimum atomic E-state index is -0.504. The molecule has 0 bridgehead atoms. The van der Waals surface area contributed by atoms with Gasteiger partial charge in [0.2, 0.25) is 5.91 Å². The number of benzene rings is 2. The van der Waals surface area contributed by atoms with E-state index in [1.165, 1.54) is 24.4 Å². The van der Waals surface area contributed by atoms with E-state index in [2.05, 4.69) is 15.5 Å². The molecule has 0 saturated carbocycles. The van der Waals surface area contributed by atoms with E-state index >= 15 is 0 Å². The molecule has 1 heterocycles. The van der Waals surface area contributed by atoms with Crippen LogP contribution in [0.25, 0.3) is 10.9 Å². The summed E-state index contributed by atoms with van der Waals surface area (Å²) in [5.74, 6) is -0.396. The number of nitro benzene ring substituents is 1. The predicted molar refractivity (Wildman–Crippen MR) is 104 cm³/mol. The van der Waals surface area contributed by atoms with Crippen molar-refractivity contribution in [2.75, 3.05) is 0 Å². The molecule has 0 radical (unpaired) electrons. The van der Waals surface area contributed by atoms with Crippen molar-refractivity contribution in [2.24, 2.45) is 5.10 Å². The van der Waals surface area contributed by atoms with Crippen LogP contribution in [-0.4, -0.2) is 22.0 Å². The molecule has 0 aliphatic heterocycles. The molecule has 3 aromatic rings. The summed E-state index contributed by atoms with van der Waals surface area (Å²) in [5, 5.41) is 15.9. The fourth-order valence-electron chi connectivity index (χ4n) is 2.54. The number of carbonyl (C=O) groups is 1. The lowest BCUT2D eigenvalue weighted by atomic mass is 10.1. The van der Waals surface area contributed by atoms with Gasteiger partial charge in [0.05, 0.1) is 23.1 Å². The molecule has 1 N–H and O–H groups in total. The lowest BCUT2D eigenvalue weighted by molar-refractivity contribution is -0.384. The van der Waals surface area contributed by atoms with E-state index in [1.807, 2.05) is 31.2 Å². The maximum Gasteiger partial charge on any atom is 0.269 e. The Labute approximate surface area is 159 Å². The van der Waals surface area contributed by atoms with E-state index in [-0.39, 0.29) is 17.3 Å². The molecule has 1 amide bonds. The first-order valence-electron chi connectivity index (χ1n) is 8.04. The van der Waals surface area contributed by atoms with E-state index in [0.717, 1.165) is 16.5 Å². The molecule has 0 unspecified atom stereocenters. The number of non-ortho nitro benzene ring substituents is 1. The van der Waals surface area contributed by atoms with Crippen LogP contribution < -0.4 is 5.43 Å². The zero-order valence-electron chi connectivity index (χ0n) is 14.3. The van der Waals surface area contributed by atoms with Gasteiger partial charge in [-0.05, 0) is 30.2 Å². The van der Waals surface area contributed by atoms with Crippen molar-refractivity contribution in [3.05, 3.63) is 80.5 Å². The average molecular weight is 383 g/mol. The zero-order valence-corrected chi connectivity index (χ0v) is 15.1. The van der Waals surface area contributed by atoms with E-state index in [4.69, 9.17) is 11.6 Å². The second kappa shape index (κ2) is 7.92. The van der Waals surface area contributed by atoms with Crippen LogP contribution in [-0.2, 0) is 11.2 Å². The Morgan fingerprint density at radius 1 is 1.30 bits per heavy atom. The molecule has 8 heteroatoms. The van der Waals surface area contributed by atoms with Gasteiger partial charge in [-0.15, -0.1) is 0 Å². The highest BCUT2D eigenvalue weighted by Crippen LogP contribution is 2.20. The third kappa shape index (κ3) is 4.65. The number of rotatable bonds is 5. The van der Waals surface area contributed by atoms with Gasteiger partial charge in [0, 0.05) is 23.1 Å². The van der Waals surface area contributed by atoms with Gasteiger partial charge in [-0.25, -0.2) is 10.4 Å². The molecule has 1 aromatic heterocycles. The van der Waals surface area contributed by atoms with Crippen molar-refractivity contribution in [3.63, 3.8) is 0 Å². The summed E-state index contributed by atoms with van der Waals surface area (Å²) in [7, 11) is 0. The van der Waals surface area contributed by atoms with E-state index in [9.17, 15) is 14.9 Å². The topological polar surface area (TPSA) is 97.5 Å². The Morgan fingerprint density at radius 2 is 2.11 bits per heavy atom. The van der Waals surface area contributed by atoms with Crippen molar-refractivity contribution in [1.29, 1.82) is 0 Å². The summed E-state index contributed by atoms with van der Waals surface area (Å²) in [6.45, 7) is 1.97. The number of aryl methyl sites for hydroxylation is 1. The molecule has 27 heavy (non-hydrogen) atoms. The lowest BCUT2D eigenvalue weighted by Gasteiger charge is -2.03. The fraction of sp³-hybridized carbons (Fsp3) is 0.105. The van der Waals surface area contributed by atoms with Gasteiger partial charge in [0.25, 0.3) is 5.69 Å². The number of pyridine rings is 1. The van der Waals surface area contributed by atoms with Crippen LogP contribution in [0.3, 0.4) is 0 Å². The zero-order chi connectivity index (χ0) is 19.4. The van der Waals surface area contributed by atoms with Crippen LogP contribution in [0.15, 0.2) is 53.6 Å². The summed E-state index contributed by atoms with van der Waals surface area (Å²) in [6, 6.07) is 13.6. The Morgan fingerprint density at radius 3 is 2.89 bits per heavy atom. The highest BCUT2D eigenvalue weighted by Gasteiger charge is 2.09. The van der Waals surface area contributed by atoms with Crippen LogP contribution in [0.5, 0.6) is 0 Å². The first kappa shape index (κ1) is 18.5. The highest BCUT2D eigenvalue weighted by atomic mass is 35.5. The molecular weight excluding hydrogens is 368 g/mol. The number of carbonyl (C=O) groups excluding carboxylic acids is 1. The standard InChI is InChI=1S/C19H15ClN4O3/c1-12-5-6-14-10-15(19(20)22-17(14)7-12)11-21-23-18(25)9-13-3-2-4-16(8-13)24(26)27/h2-8,10-11H,9H2,1H3,(H,23,25). The van der Waals surface area contributed by atoms with Crippen LogP contribution in [0.4, 0.5) is 5.69 Å². The maximum atomic E-state index is 12.0. The van der Waals surface area contributed by atoms with Crippen LogP contribution in [0.2, 0.25) is 5.15 Å². The quantitative estimate of drug-likeness (QED) is 0.314. The van der Waals surface area contributed by atoms with Gasteiger partial charge in [0.1, 0.15) is 5.15 Å².